The molecular formula is C24H29F2N5O2S. The van der Waals surface area contributed by atoms with Crippen LogP contribution in [0, 0.1) is 17.3 Å². The summed E-state index contributed by atoms with van der Waals surface area (Å²) in [7, 11) is 0. The summed E-state index contributed by atoms with van der Waals surface area (Å²) in [5.41, 5.74) is 3.01. The van der Waals surface area contributed by atoms with Crippen molar-refractivity contribution in [2.45, 2.75) is 57.3 Å². The van der Waals surface area contributed by atoms with Crippen molar-refractivity contribution in [3.05, 3.63) is 30.0 Å². The average Bonchev–Trinajstić information content (AvgIpc) is 3.71. The van der Waals surface area contributed by atoms with Crippen LogP contribution in [0.2, 0.25) is 0 Å². The Kier molecular flexibility index (Phi) is 5.69. The number of nitrogens with one attached hydrogen (secondary N) is 1. The van der Waals surface area contributed by atoms with Gasteiger partial charge in [-0.2, -0.15) is 18.5 Å². The number of likely N-dealkylation sites (tertiary alicyclic amines) is 1. The van der Waals surface area contributed by atoms with Crippen LogP contribution in [0.4, 0.5) is 14.7 Å². The highest BCUT2D eigenvalue weighted by Crippen LogP contribution is 2.51. The first-order chi connectivity index (χ1) is 15.8. The Bertz CT molecular complexity index is 1170. The highest BCUT2D eigenvalue weighted by atomic mass is 32.1. The van der Waals surface area contributed by atoms with Gasteiger partial charge >= 0.3 is 0 Å². The van der Waals surface area contributed by atoms with Crippen molar-refractivity contribution < 1.29 is 18.4 Å². The third-order valence-electron chi connectivity index (χ3n) is 7.84. The molecule has 1 saturated heterocycles. The van der Waals surface area contributed by atoms with Crippen molar-refractivity contribution >= 4 is 42.5 Å². The topological polar surface area (TPSA) is 79.6 Å². The van der Waals surface area contributed by atoms with Crippen LogP contribution in [0.25, 0.3) is 11.2 Å². The number of carbonyl (C=O) groups excluding carboxylic acids is 2. The number of amides is 2. The predicted molar refractivity (Wildman–Crippen MR) is 128 cm³/mol. The molecule has 3 fully saturated rings. The van der Waals surface area contributed by atoms with Crippen molar-refractivity contribution in [1.29, 1.82) is 0 Å². The van der Waals surface area contributed by atoms with Gasteiger partial charge in [0.1, 0.15) is 5.92 Å². The Balaban J connectivity index is 0.00000241. The number of fused-ring (bicyclic) bond motifs is 1. The van der Waals surface area contributed by atoms with Crippen LogP contribution in [-0.2, 0) is 9.59 Å². The van der Waals surface area contributed by atoms with E-state index in [4.69, 9.17) is 0 Å². The number of alkyl halides is 2. The van der Waals surface area contributed by atoms with E-state index in [2.05, 4.69) is 21.5 Å². The van der Waals surface area contributed by atoms with Gasteiger partial charge in [-0.05, 0) is 68.1 Å². The number of nitrogens with zero attached hydrogens (tertiary/aromatic N) is 4. The standard InChI is InChI=1S/C24H27F2N5O2.H2S/c25-24(26)14-17(24)21(33)30-12-10-23(11-13-30)8-6-15(7-9-23)18-2-1-3-19-27-22(29-31(18)19)28-20(32)16-4-5-16;/h1-3,6,16-17H,4-5,7-14H2,(H,28,29,32);1H2/t17-;/m0./s1. The molecule has 3 heterocycles. The highest BCUT2D eigenvalue weighted by molar-refractivity contribution is 7.59. The van der Waals surface area contributed by atoms with Crippen LogP contribution in [0.1, 0.15) is 57.1 Å². The van der Waals surface area contributed by atoms with E-state index in [0.717, 1.165) is 50.6 Å². The number of allylic oxidation sites excluding steroid dienone is 2. The zero-order chi connectivity index (χ0) is 22.8. The van der Waals surface area contributed by atoms with Crippen molar-refractivity contribution in [3.8, 4) is 0 Å². The lowest BCUT2D eigenvalue weighted by Crippen LogP contribution is -2.44. The summed E-state index contributed by atoms with van der Waals surface area (Å²) in [5, 5.41) is 7.35. The lowest BCUT2D eigenvalue weighted by molar-refractivity contribution is -0.137. The second-order valence-electron chi connectivity index (χ2n) is 10.2. The smallest absolute Gasteiger partial charge is 0.260 e. The van der Waals surface area contributed by atoms with Crippen LogP contribution in [0.3, 0.4) is 0 Å². The second-order valence-corrected chi connectivity index (χ2v) is 10.2. The first-order valence-electron chi connectivity index (χ1n) is 11.9. The van der Waals surface area contributed by atoms with E-state index < -0.39 is 11.8 Å². The van der Waals surface area contributed by atoms with Crippen molar-refractivity contribution in [2.75, 3.05) is 18.4 Å². The minimum atomic E-state index is -2.79. The lowest BCUT2D eigenvalue weighted by atomic mass is 9.68. The molecule has 0 unspecified atom stereocenters. The minimum absolute atomic E-state index is 0. The fourth-order valence-electron chi connectivity index (χ4n) is 5.29. The maximum Gasteiger partial charge on any atom is 0.260 e. The molecule has 7 nitrogen and oxygen atoms in total. The Hall–Kier alpha value is -2.49. The molecule has 34 heavy (non-hydrogen) atoms. The van der Waals surface area contributed by atoms with E-state index in [0.29, 0.717) is 24.7 Å². The van der Waals surface area contributed by atoms with Crippen molar-refractivity contribution in [2.24, 2.45) is 17.3 Å². The number of carbonyl (C=O) groups is 2. The summed E-state index contributed by atoms with van der Waals surface area (Å²) in [6.45, 7) is 1.13. The maximum atomic E-state index is 13.3. The Labute approximate surface area is 203 Å². The molecule has 182 valence electrons. The number of aromatic nitrogens is 3. The van der Waals surface area contributed by atoms with Gasteiger partial charge < -0.3 is 4.90 Å². The van der Waals surface area contributed by atoms with Gasteiger partial charge in [0.15, 0.2) is 5.65 Å². The molecule has 2 aromatic heterocycles. The van der Waals surface area contributed by atoms with Crippen LogP contribution in [0.5, 0.6) is 0 Å². The third kappa shape index (κ3) is 4.21. The van der Waals surface area contributed by atoms with Gasteiger partial charge in [0, 0.05) is 25.4 Å². The van der Waals surface area contributed by atoms with Gasteiger partial charge in [-0.15, -0.1) is 5.10 Å². The molecule has 6 rings (SSSR count). The van der Waals surface area contributed by atoms with Gasteiger partial charge in [0.05, 0.1) is 5.69 Å². The van der Waals surface area contributed by atoms with Crippen LogP contribution in [0.15, 0.2) is 24.3 Å². The van der Waals surface area contributed by atoms with E-state index in [1.165, 1.54) is 5.57 Å². The number of rotatable bonds is 4. The molecule has 1 aliphatic heterocycles. The number of hydrogen-bond donors (Lipinski definition) is 1. The molecule has 1 atom stereocenters. The Morgan fingerprint density at radius 3 is 2.47 bits per heavy atom. The molecule has 0 bridgehead atoms. The first-order valence-corrected chi connectivity index (χ1v) is 11.9. The summed E-state index contributed by atoms with van der Waals surface area (Å²) in [6.07, 6.45) is 8.32. The number of hydrogen-bond acceptors (Lipinski definition) is 4. The summed E-state index contributed by atoms with van der Waals surface area (Å²) >= 11 is 0. The number of pyridine rings is 1. The Morgan fingerprint density at radius 1 is 1.12 bits per heavy atom. The quantitative estimate of drug-likeness (QED) is 0.704. The fourth-order valence-corrected chi connectivity index (χ4v) is 5.29. The molecule has 2 saturated carbocycles. The van der Waals surface area contributed by atoms with E-state index in [1.807, 2.05) is 18.2 Å². The van der Waals surface area contributed by atoms with Gasteiger partial charge in [-0.25, -0.2) is 13.3 Å². The largest absolute Gasteiger partial charge is 0.342 e. The van der Waals surface area contributed by atoms with Gasteiger partial charge in [0.25, 0.3) is 5.92 Å². The van der Waals surface area contributed by atoms with Crippen LogP contribution < -0.4 is 5.32 Å². The van der Waals surface area contributed by atoms with Crippen LogP contribution in [-0.4, -0.2) is 50.3 Å². The normalized spacial score (nSPS) is 24.9. The van der Waals surface area contributed by atoms with E-state index in [1.54, 1.807) is 9.42 Å². The van der Waals surface area contributed by atoms with Gasteiger partial charge in [-0.1, -0.05) is 12.1 Å². The molecule has 3 aliphatic carbocycles. The number of halogens is 2. The van der Waals surface area contributed by atoms with Crippen molar-refractivity contribution in [1.82, 2.24) is 19.5 Å². The SMILES string of the molecule is O=C(Nc1nc2cccc(C3=CCC4(CC3)CCN(C(=O)[C@@H]3CC3(F)F)CC4)n2n1)C1CC1.S. The van der Waals surface area contributed by atoms with E-state index >= 15 is 0 Å². The number of anilines is 1. The van der Waals surface area contributed by atoms with E-state index in [9.17, 15) is 18.4 Å². The third-order valence-corrected chi connectivity index (χ3v) is 7.84. The molecule has 0 radical (unpaired) electrons. The Morgan fingerprint density at radius 2 is 1.85 bits per heavy atom. The highest BCUT2D eigenvalue weighted by Gasteiger charge is 2.62. The molecule has 0 aromatic carbocycles. The molecule has 1 N–H and O–H groups in total. The van der Waals surface area contributed by atoms with Crippen molar-refractivity contribution in [3.63, 3.8) is 0 Å². The van der Waals surface area contributed by atoms with Gasteiger partial charge in [-0.3, -0.25) is 14.9 Å². The zero-order valence-electron chi connectivity index (χ0n) is 18.9. The monoisotopic (exact) mass is 489 g/mol. The van der Waals surface area contributed by atoms with E-state index in [-0.39, 0.29) is 43.1 Å². The molecule has 4 aliphatic rings. The average molecular weight is 490 g/mol. The second kappa shape index (κ2) is 8.32. The van der Waals surface area contributed by atoms with Crippen LogP contribution >= 0.6 is 13.5 Å². The molecular weight excluding hydrogens is 460 g/mol. The molecule has 1 spiro atoms. The summed E-state index contributed by atoms with van der Waals surface area (Å²) in [5.74, 6) is -3.84. The minimum Gasteiger partial charge on any atom is -0.342 e. The molecule has 2 aromatic rings. The summed E-state index contributed by atoms with van der Waals surface area (Å²) in [6, 6.07) is 5.86. The molecule has 10 heteroatoms. The molecule has 2 amide bonds. The zero-order valence-corrected chi connectivity index (χ0v) is 19.9. The fraction of sp³-hybridized carbons (Fsp3) is 0.583. The predicted octanol–water partition coefficient (Wildman–Crippen LogP) is 4.02. The maximum absolute atomic E-state index is 13.3. The summed E-state index contributed by atoms with van der Waals surface area (Å²) in [4.78, 5) is 30.5. The summed E-state index contributed by atoms with van der Waals surface area (Å²) < 4.78 is 28.4. The van der Waals surface area contributed by atoms with Gasteiger partial charge in [0.2, 0.25) is 17.8 Å². The lowest BCUT2D eigenvalue weighted by Gasteiger charge is -2.43. The number of piperidine rings is 1. The first kappa shape index (κ1) is 23.3.